The minimum atomic E-state index is -0.493. The van der Waals surface area contributed by atoms with Gasteiger partial charge < -0.3 is 16.0 Å². The number of aromatic nitrogens is 2. The maximum atomic E-state index is 13.0. The molecule has 2 atom stereocenters. The zero-order valence-electron chi connectivity index (χ0n) is 15.7. The van der Waals surface area contributed by atoms with Crippen LogP contribution in [-0.4, -0.2) is 39.9 Å². The number of nitrogens with one attached hydrogen (secondary N) is 3. The smallest absolute Gasteiger partial charge is 0.272 e. The van der Waals surface area contributed by atoms with Crippen LogP contribution >= 0.6 is 12.4 Å². The summed E-state index contributed by atoms with van der Waals surface area (Å²) in [5.41, 5.74) is 0.749. The van der Waals surface area contributed by atoms with E-state index in [1.807, 2.05) is 0 Å². The SMILES string of the molecule is Cl.O=C(NCc1ccc(F)cc1)c1nccnc1C(=O)NC1CC2CCC(C1)N2. The third kappa shape index (κ3) is 5.07. The molecule has 0 spiro atoms. The number of carbonyl (C=O) groups is 2. The highest BCUT2D eigenvalue weighted by molar-refractivity contribution is 6.04. The van der Waals surface area contributed by atoms with Gasteiger partial charge in [0, 0.05) is 37.1 Å². The van der Waals surface area contributed by atoms with Gasteiger partial charge in [-0.1, -0.05) is 12.1 Å². The molecule has 7 nitrogen and oxygen atoms in total. The van der Waals surface area contributed by atoms with Crippen LogP contribution in [-0.2, 0) is 6.54 Å². The molecule has 2 unspecified atom stereocenters. The van der Waals surface area contributed by atoms with Crippen molar-refractivity contribution in [2.75, 3.05) is 0 Å². The summed E-state index contributed by atoms with van der Waals surface area (Å²) in [5, 5.41) is 9.24. The number of hydrogen-bond donors (Lipinski definition) is 3. The second kappa shape index (κ2) is 9.28. The van der Waals surface area contributed by atoms with Gasteiger partial charge in [0.2, 0.25) is 0 Å². The molecule has 2 bridgehead atoms. The van der Waals surface area contributed by atoms with Gasteiger partial charge >= 0.3 is 0 Å². The van der Waals surface area contributed by atoms with Gasteiger partial charge in [-0.3, -0.25) is 9.59 Å². The van der Waals surface area contributed by atoms with Crippen LogP contribution in [0.5, 0.6) is 0 Å². The molecule has 3 N–H and O–H groups in total. The van der Waals surface area contributed by atoms with E-state index < -0.39 is 5.91 Å². The summed E-state index contributed by atoms with van der Waals surface area (Å²) in [6.07, 6.45) is 6.83. The van der Waals surface area contributed by atoms with Crippen molar-refractivity contribution >= 4 is 24.2 Å². The van der Waals surface area contributed by atoms with Crippen LogP contribution < -0.4 is 16.0 Å². The molecule has 29 heavy (non-hydrogen) atoms. The first-order chi connectivity index (χ1) is 13.6. The topological polar surface area (TPSA) is 96.0 Å². The summed E-state index contributed by atoms with van der Waals surface area (Å²) in [6, 6.07) is 6.80. The van der Waals surface area contributed by atoms with E-state index in [4.69, 9.17) is 0 Å². The van der Waals surface area contributed by atoms with Crippen molar-refractivity contribution in [3.63, 3.8) is 0 Å². The number of halogens is 2. The molecule has 2 amide bonds. The lowest BCUT2D eigenvalue weighted by Gasteiger charge is -2.29. The molecule has 2 aromatic rings. The number of carbonyl (C=O) groups excluding carboxylic acids is 2. The molecule has 0 saturated carbocycles. The Morgan fingerprint density at radius 3 is 2.21 bits per heavy atom. The van der Waals surface area contributed by atoms with Gasteiger partial charge in [-0.25, -0.2) is 14.4 Å². The van der Waals surface area contributed by atoms with Crippen molar-refractivity contribution in [1.82, 2.24) is 25.9 Å². The molecular formula is C20H23ClFN5O2. The van der Waals surface area contributed by atoms with Gasteiger partial charge in [-0.15, -0.1) is 12.4 Å². The largest absolute Gasteiger partial charge is 0.348 e. The molecule has 3 heterocycles. The van der Waals surface area contributed by atoms with Crippen molar-refractivity contribution in [1.29, 1.82) is 0 Å². The van der Waals surface area contributed by atoms with E-state index in [1.54, 1.807) is 12.1 Å². The lowest BCUT2D eigenvalue weighted by Crippen LogP contribution is -2.48. The molecule has 0 aliphatic carbocycles. The highest BCUT2D eigenvalue weighted by atomic mass is 35.5. The first-order valence-electron chi connectivity index (χ1n) is 9.49. The molecular weight excluding hydrogens is 397 g/mol. The van der Waals surface area contributed by atoms with Crippen LogP contribution in [0.3, 0.4) is 0 Å². The number of piperidine rings is 1. The Morgan fingerprint density at radius 2 is 1.59 bits per heavy atom. The predicted molar refractivity (Wildman–Crippen MR) is 107 cm³/mol. The molecule has 2 saturated heterocycles. The fourth-order valence-corrected chi connectivity index (χ4v) is 3.97. The third-order valence-electron chi connectivity index (χ3n) is 5.30. The normalized spacial score (nSPS) is 22.4. The standard InChI is InChI=1S/C20H22FN5O2.ClH/c21-13-3-1-12(2-4-13)11-24-19(27)17-18(23-8-7-22-17)20(28)26-16-9-14-5-6-15(10-16)25-14;/h1-4,7-8,14-16,25H,5-6,9-11H2,(H,24,27)(H,26,28);1H. The minimum absolute atomic E-state index is 0. The van der Waals surface area contributed by atoms with E-state index in [1.165, 1.54) is 24.5 Å². The molecule has 2 fully saturated rings. The number of nitrogens with zero attached hydrogens (tertiary/aromatic N) is 2. The second-order valence-electron chi connectivity index (χ2n) is 7.34. The summed E-state index contributed by atoms with van der Waals surface area (Å²) in [4.78, 5) is 33.4. The first-order valence-corrected chi connectivity index (χ1v) is 9.49. The highest BCUT2D eigenvalue weighted by Crippen LogP contribution is 2.26. The summed E-state index contributed by atoms with van der Waals surface area (Å²) >= 11 is 0. The van der Waals surface area contributed by atoms with Crippen molar-refractivity contribution in [2.24, 2.45) is 0 Å². The number of benzene rings is 1. The fourth-order valence-electron chi connectivity index (χ4n) is 3.97. The monoisotopic (exact) mass is 419 g/mol. The Balaban J connectivity index is 0.00000240. The van der Waals surface area contributed by atoms with Crippen LogP contribution in [0.25, 0.3) is 0 Å². The van der Waals surface area contributed by atoms with Crippen molar-refractivity contribution in [2.45, 2.75) is 50.4 Å². The number of fused-ring (bicyclic) bond motifs is 2. The Bertz CT molecular complexity index is 867. The van der Waals surface area contributed by atoms with Crippen molar-refractivity contribution in [3.8, 4) is 0 Å². The summed E-state index contributed by atoms with van der Waals surface area (Å²) in [5.74, 6) is -1.21. The fraction of sp³-hybridized carbons (Fsp3) is 0.400. The molecule has 0 radical (unpaired) electrons. The van der Waals surface area contributed by atoms with Gasteiger partial charge in [0.1, 0.15) is 5.82 Å². The predicted octanol–water partition coefficient (Wildman–Crippen LogP) is 1.98. The van der Waals surface area contributed by atoms with Crippen LogP contribution in [0, 0.1) is 5.82 Å². The molecule has 2 aliphatic heterocycles. The average Bonchev–Trinajstić information content (AvgIpc) is 3.05. The van der Waals surface area contributed by atoms with Crippen LogP contribution in [0.15, 0.2) is 36.7 Å². The summed E-state index contributed by atoms with van der Waals surface area (Å²) in [7, 11) is 0. The zero-order valence-corrected chi connectivity index (χ0v) is 16.5. The number of rotatable bonds is 5. The maximum absolute atomic E-state index is 13.0. The summed E-state index contributed by atoms with van der Waals surface area (Å²) < 4.78 is 13.0. The van der Waals surface area contributed by atoms with Gasteiger partial charge in [0.25, 0.3) is 11.8 Å². The van der Waals surface area contributed by atoms with Gasteiger partial charge in [0.05, 0.1) is 0 Å². The Labute approximate surface area is 174 Å². The van der Waals surface area contributed by atoms with Gasteiger partial charge in [-0.2, -0.15) is 0 Å². The van der Waals surface area contributed by atoms with Crippen molar-refractivity contribution in [3.05, 3.63) is 59.4 Å². The summed E-state index contributed by atoms with van der Waals surface area (Å²) in [6.45, 7) is 0.203. The van der Waals surface area contributed by atoms with Gasteiger partial charge in [0.15, 0.2) is 11.4 Å². The Morgan fingerprint density at radius 1 is 1.00 bits per heavy atom. The quantitative estimate of drug-likeness (QED) is 0.688. The van der Waals surface area contributed by atoms with Gasteiger partial charge in [-0.05, 0) is 43.4 Å². The first kappa shape index (κ1) is 21.1. The van der Waals surface area contributed by atoms with E-state index in [-0.39, 0.29) is 48.1 Å². The van der Waals surface area contributed by atoms with E-state index in [0.29, 0.717) is 12.1 Å². The van der Waals surface area contributed by atoms with E-state index in [0.717, 1.165) is 31.2 Å². The lowest BCUT2D eigenvalue weighted by molar-refractivity contribution is 0.0892. The van der Waals surface area contributed by atoms with Crippen LogP contribution in [0.4, 0.5) is 4.39 Å². The third-order valence-corrected chi connectivity index (χ3v) is 5.30. The molecule has 4 rings (SSSR count). The molecule has 1 aromatic heterocycles. The molecule has 9 heteroatoms. The van der Waals surface area contributed by atoms with E-state index >= 15 is 0 Å². The molecule has 154 valence electrons. The minimum Gasteiger partial charge on any atom is -0.348 e. The average molecular weight is 420 g/mol. The van der Waals surface area contributed by atoms with Crippen LogP contribution in [0.1, 0.15) is 52.2 Å². The van der Waals surface area contributed by atoms with Crippen LogP contribution in [0.2, 0.25) is 0 Å². The lowest BCUT2D eigenvalue weighted by atomic mass is 9.99. The maximum Gasteiger partial charge on any atom is 0.272 e. The Hall–Kier alpha value is -2.58. The number of hydrogen-bond acceptors (Lipinski definition) is 5. The Kier molecular flexibility index (Phi) is 6.76. The van der Waals surface area contributed by atoms with E-state index in [9.17, 15) is 14.0 Å². The van der Waals surface area contributed by atoms with E-state index in [2.05, 4.69) is 25.9 Å². The van der Waals surface area contributed by atoms with Crippen molar-refractivity contribution < 1.29 is 14.0 Å². The number of amides is 2. The molecule has 1 aromatic carbocycles. The molecule has 2 aliphatic rings. The second-order valence-corrected chi connectivity index (χ2v) is 7.34. The highest BCUT2D eigenvalue weighted by Gasteiger charge is 2.34. The zero-order chi connectivity index (χ0) is 19.5.